The molecule has 1 amide bonds. The van der Waals surface area contributed by atoms with Gasteiger partial charge in [0.25, 0.3) is 0 Å². The molecule has 0 saturated carbocycles. The molecular weight excluding hydrogens is 303 g/mol. The maximum Gasteiger partial charge on any atom is 0.338 e. The van der Waals surface area contributed by atoms with Gasteiger partial charge in [-0.15, -0.1) is 0 Å². The van der Waals surface area contributed by atoms with Crippen molar-refractivity contribution in [3.63, 3.8) is 0 Å². The summed E-state index contributed by atoms with van der Waals surface area (Å²) in [4.78, 5) is 20.2. The van der Waals surface area contributed by atoms with Gasteiger partial charge in [0, 0.05) is 5.02 Å². The van der Waals surface area contributed by atoms with Crippen LogP contribution in [0.4, 0.5) is 4.39 Å². The number of carboxylic acid groups (broad SMARTS) is 1. The van der Waals surface area contributed by atoms with E-state index < -0.39 is 44.7 Å². The summed E-state index contributed by atoms with van der Waals surface area (Å²) in [7, 11) is -4.44. The van der Waals surface area contributed by atoms with E-state index in [-0.39, 0.29) is 5.02 Å². The van der Waals surface area contributed by atoms with E-state index in [1.165, 1.54) is 0 Å². The zero-order chi connectivity index (χ0) is 14.8. The smallest absolute Gasteiger partial charge is 0.338 e. The minimum atomic E-state index is -4.44. The van der Waals surface area contributed by atoms with Crippen LogP contribution in [0.2, 0.25) is 5.02 Å². The SMILES string of the molecule is NC(=O)CNS(=O)(=O)c1cc(Cl)cc(C(=O)O)c1F. The number of amides is 1. The summed E-state index contributed by atoms with van der Waals surface area (Å²) in [6.45, 7) is -0.753. The molecule has 0 saturated heterocycles. The van der Waals surface area contributed by atoms with Crippen LogP contribution in [0.3, 0.4) is 0 Å². The van der Waals surface area contributed by atoms with Crippen LogP contribution in [0.1, 0.15) is 10.4 Å². The molecule has 1 aromatic carbocycles. The Morgan fingerprint density at radius 3 is 2.47 bits per heavy atom. The van der Waals surface area contributed by atoms with Crippen LogP contribution in [0, 0.1) is 5.82 Å². The highest BCUT2D eigenvalue weighted by atomic mass is 35.5. The third-order valence-corrected chi connectivity index (χ3v) is 3.58. The first-order valence-corrected chi connectivity index (χ1v) is 6.51. The molecule has 19 heavy (non-hydrogen) atoms. The number of carboxylic acids is 1. The minimum Gasteiger partial charge on any atom is -0.478 e. The van der Waals surface area contributed by atoms with E-state index >= 15 is 0 Å². The van der Waals surface area contributed by atoms with Crippen LogP contribution in [0.15, 0.2) is 17.0 Å². The first kappa shape index (κ1) is 15.3. The van der Waals surface area contributed by atoms with Crippen molar-refractivity contribution in [1.29, 1.82) is 0 Å². The zero-order valence-electron chi connectivity index (χ0n) is 9.18. The predicted molar refractivity (Wildman–Crippen MR) is 62.8 cm³/mol. The van der Waals surface area contributed by atoms with Crippen LogP contribution in [-0.4, -0.2) is 31.9 Å². The molecule has 0 fully saturated rings. The topological polar surface area (TPSA) is 127 Å². The quantitative estimate of drug-likeness (QED) is 0.702. The average Bonchev–Trinajstić information content (AvgIpc) is 2.28. The molecule has 0 unspecified atom stereocenters. The lowest BCUT2D eigenvalue weighted by molar-refractivity contribution is -0.116. The minimum absolute atomic E-state index is 0.279. The number of halogens is 2. The van der Waals surface area contributed by atoms with Gasteiger partial charge in [0.1, 0.15) is 4.90 Å². The number of hydrogen-bond acceptors (Lipinski definition) is 4. The molecule has 0 radical (unpaired) electrons. The Morgan fingerprint density at radius 2 is 2.00 bits per heavy atom. The van der Waals surface area contributed by atoms with E-state index in [2.05, 4.69) is 0 Å². The van der Waals surface area contributed by atoms with Gasteiger partial charge in [0.15, 0.2) is 5.82 Å². The number of aromatic carboxylic acids is 1. The standard InChI is InChI=1S/C9H8ClFN2O5S/c10-4-1-5(9(15)16)8(11)6(2-4)19(17,18)13-3-7(12)14/h1-2,13H,3H2,(H2,12,14)(H,15,16). The molecule has 0 heterocycles. The number of nitrogens with two attached hydrogens (primary N) is 1. The Hall–Kier alpha value is -1.71. The summed E-state index contributed by atoms with van der Waals surface area (Å²) in [5.74, 6) is -4.13. The van der Waals surface area contributed by atoms with Gasteiger partial charge in [0.05, 0.1) is 12.1 Å². The fraction of sp³-hybridized carbons (Fsp3) is 0.111. The molecule has 0 aliphatic carbocycles. The maximum absolute atomic E-state index is 13.7. The van der Waals surface area contributed by atoms with E-state index in [1.807, 2.05) is 0 Å². The van der Waals surface area contributed by atoms with Gasteiger partial charge in [-0.1, -0.05) is 11.6 Å². The summed E-state index contributed by atoms with van der Waals surface area (Å²) in [5.41, 5.74) is 3.85. The van der Waals surface area contributed by atoms with Crippen molar-refractivity contribution in [1.82, 2.24) is 4.72 Å². The van der Waals surface area contributed by atoms with E-state index in [0.29, 0.717) is 0 Å². The molecule has 7 nitrogen and oxygen atoms in total. The lowest BCUT2D eigenvalue weighted by Crippen LogP contribution is -2.34. The van der Waals surface area contributed by atoms with Crippen molar-refractivity contribution < 1.29 is 27.5 Å². The molecule has 0 bridgehead atoms. The Kier molecular flexibility index (Phi) is 4.45. The molecule has 10 heteroatoms. The molecule has 0 aliphatic rings. The van der Waals surface area contributed by atoms with Gasteiger partial charge in [-0.2, -0.15) is 0 Å². The monoisotopic (exact) mass is 310 g/mol. The van der Waals surface area contributed by atoms with Crippen LogP contribution in [0.25, 0.3) is 0 Å². The Bertz CT molecular complexity index is 646. The second-order valence-electron chi connectivity index (χ2n) is 3.36. The van der Waals surface area contributed by atoms with Crippen molar-refractivity contribution in [2.75, 3.05) is 6.54 Å². The fourth-order valence-corrected chi connectivity index (χ4v) is 2.56. The van der Waals surface area contributed by atoms with E-state index in [4.69, 9.17) is 22.4 Å². The Balaban J connectivity index is 3.34. The number of nitrogens with one attached hydrogen (secondary N) is 1. The number of carbonyl (C=O) groups is 2. The number of benzene rings is 1. The first-order valence-electron chi connectivity index (χ1n) is 4.65. The van der Waals surface area contributed by atoms with Crippen molar-refractivity contribution in [2.24, 2.45) is 5.73 Å². The Labute approximate surface area is 112 Å². The van der Waals surface area contributed by atoms with Crippen LogP contribution < -0.4 is 10.5 Å². The summed E-state index contributed by atoms with van der Waals surface area (Å²) in [5, 5.41) is 8.43. The van der Waals surface area contributed by atoms with E-state index in [1.54, 1.807) is 4.72 Å². The number of rotatable bonds is 5. The highest BCUT2D eigenvalue weighted by Gasteiger charge is 2.25. The van der Waals surface area contributed by atoms with Crippen LogP contribution in [0.5, 0.6) is 0 Å². The normalized spacial score (nSPS) is 11.3. The van der Waals surface area contributed by atoms with Gasteiger partial charge in [0.2, 0.25) is 15.9 Å². The predicted octanol–water partition coefficient (Wildman–Crippen LogP) is -0.0591. The van der Waals surface area contributed by atoms with Crippen molar-refractivity contribution in [3.8, 4) is 0 Å². The molecule has 0 spiro atoms. The molecule has 104 valence electrons. The largest absolute Gasteiger partial charge is 0.478 e. The maximum atomic E-state index is 13.7. The second kappa shape index (κ2) is 5.51. The van der Waals surface area contributed by atoms with Gasteiger partial charge >= 0.3 is 5.97 Å². The number of hydrogen-bond donors (Lipinski definition) is 3. The number of sulfonamides is 1. The van der Waals surface area contributed by atoms with Gasteiger partial charge in [-0.25, -0.2) is 22.3 Å². The second-order valence-corrected chi connectivity index (χ2v) is 5.53. The molecule has 1 aromatic rings. The van der Waals surface area contributed by atoms with Crippen molar-refractivity contribution >= 4 is 33.5 Å². The molecule has 4 N–H and O–H groups in total. The van der Waals surface area contributed by atoms with Crippen LogP contribution >= 0.6 is 11.6 Å². The molecule has 0 aliphatic heterocycles. The van der Waals surface area contributed by atoms with Crippen molar-refractivity contribution in [3.05, 3.63) is 28.5 Å². The van der Waals surface area contributed by atoms with Crippen LogP contribution in [-0.2, 0) is 14.8 Å². The molecule has 1 rings (SSSR count). The first-order chi connectivity index (χ1) is 8.65. The molecule has 0 atom stereocenters. The lowest BCUT2D eigenvalue weighted by atomic mass is 10.2. The summed E-state index contributed by atoms with van der Waals surface area (Å²) < 4.78 is 38.8. The zero-order valence-corrected chi connectivity index (χ0v) is 10.8. The average molecular weight is 311 g/mol. The summed E-state index contributed by atoms with van der Waals surface area (Å²) in [6.07, 6.45) is 0. The van der Waals surface area contributed by atoms with E-state index in [0.717, 1.165) is 12.1 Å². The Morgan fingerprint density at radius 1 is 1.42 bits per heavy atom. The number of carbonyl (C=O) groups excluding carboxylic acids is 1. The number of primary amides is 1. The van der Waals surface area contributed by atoms with Gasteiger partial charge in [-0.05, 0) is 12.1 Å². The molecular formula is C9H8ClFN2O5S. The van der Waals surface area contributed by atoms with Crippen molar-refractivity contribution in [2.45, 2.75) is 4.90 Å². The molecule has 0 aromatic heterocycles. The van der Waals surface area contributed by atoms with Gasteiger partial charge < -0.3 is 10.8 Å². The lowest BCUT2D eigenvalue weighted by Gasteiger charge is -2.08. The highest BCUT2D eigenvalue weighted by Crippen LogP contribution is 2.23. The van der Waals surface area contributed by atoms with E-state index in [9.17, 15) is 22.4 Å². The summed E-state index contributed by atoms with van der Waals surface area (Å²) >= 11 is 5.52. The summed E-state index contributed by atoms with van der Waals surface area (Å²) in [6, 6.07) is 1.50. The fourth-order valence-electron chi connectivity index (χ4n) is 1.16. The third kappa shape index (κ3) is 3.63. The highest BCUT2D eigenvalue weighted by molar-refractivity contribution is 7.89. The van der Waals surface area contributed by atoms with Gasteiger partial charge in [-0.3, -0.25) is 4.79 Å². The third-order valence-electron chi connectivity index (χ3n) is 1.96.